The van der Waals surface area contributed by atoms with Gasteiger partial charge in [-0.15, -0.1) is 0 Å². The predicted octanol–water partition coefficient (Wildman–Crippen LogP) is 4.27. The zero-order valence-electron chi connectivity index (χ0n) is 11.6. The van der Waals surface area contributed by atoms with Crippen molar-refractivity contribution in [1.82, 2.24) is 5.32 Å². The molecule has 0 bridgehead atoms. The maximum absolute atomic E-state index is 11.5. The van der Waals surface area contributed by atoms with E-state index in [4.69, 9.17) is 27.9 Å². The van der Waals surface area contributed by atoms with Gasteiger partial charge in [0.1, 0.15) is 6.61 Å². The monoisotopic (exact) mass is 333 g/mol. The van der Waals surface area contributed by atoms with Crippen LogP contribution in [0, 0.1) is 11.8 Å². The molecule has 0 unspecified atom stereocenters. The summed E-state index contributed by atoms with van der Waals surface area (Å²) in [6.45, 7) is 0.386. The topological polar surface area (TPSA) is 38.3 Å². The molecular formula is C17H13Cl2NO2. The van der Waals surface area contributed by atoms with E-state index < -0.39 is 6.09 Å². The number of carbonyl (C=O) groups is 1. The van der Waals surface area contributed by atoms with Crippen molar-refractivity contribution in [3.8, 4) is 11.8 Å². The van der Waals surface area contributed by atoms with Crippen LogP contribution in [0.4, 0.5) is 4.79 Å². The summed E-state index contributed by atoms with van der Waals surface area (Å²) in [5.41, 5.74) is 1.54. The van der Waals surface area contributed by atoms with Crippen molar-refractivity contribution >= 4 is 29.3 Å². The molecule has 0 fully saturated rings. The Morgan fingerprint density at radius 1 is 1.14 bits per heavy atom. The summed E-state index contributed by atoms with van der Waals surface area (Å²) in [7, 11) is 0. The quantitative estimate of drug-likeness (QED) is 0.851. The molecule has 22 heavy (non-hydrogen) atoms. The van der Waals surface area contributed by atoms with Crippen molar-refractivity contribution in [2.45, 2.75) is 6.61 Å². The average Bonchev–Trinajstić information content (AvgIpc) is 2.53. The molecule has 1 amide bonds. The van der Waals surface area contributed by atoms with E-state index in [1.54, 1.807) is 18.2 Å². The standard InChI is InChI=1S/C17H13Cl2NO2/c18-15-8-9-16(19)14(11-15)7-4-10-20-17(21)22-12-13-5-2-1-3-6-13/h1-3,5-6,8-9,11H,10,12H2,(H,20,21). The molecule has 0 heterocycles. The minimum absolute atomic E-state index is 0.163. The minimum Gasteiger partial charge on any atom is -0.445 e. The van der Waals surface area contributed by atoms with Gasteiger partial charge in [0.15, 0.2) is 0 Å². The molecule has 0 radical (unpaired) electrons. The molecular weight excluding hydrogens is 321 g/mol. The lowest BCUT2D eigenvalue weighted by Gasteiger charge is -2.04. The summed E-state index contributed by atoms with van der Waals surface area (Å²) in [6, 6.07) is 14.5. The number of halogens is 2. The SMILES string of the molecule is O=C(NCC#Cc1cc(Cl)ccc1Cl)OCc1ccccc1. The maximum Gasteiger partial charge on any atom is 0.408 e. The Morgan fingerprint density at radius 2 is 1.91 bits per heavy atom. The van der Waals surface area contributed by atoms with E-state index >= 15 is 0 Å². The van der Waals surface area contributed by atoms with Gasteiger partial charge in [0.2, 0.25) is 0 Å². The number of amides is 1. The molecule has 0 saturated heterocycles. The van der Waals surface area contributed by atoms with Crippen molar-refractivity contribution in [3.63, 3.8) is 0 Å². The molecule has 5 heteroatoms. The zero-order valence-corrected chi connectivity index (χ0v) is 13.1. The van der Waals surface area contributed by atoms with Crippen LogP contribution in [0.15, 0.2) is 48.5 Å². The van der Waals surface area contributed by atoms with Crippen molar-refractivity contribution in [1.29, 1.82) is 0 Å². The summed E-state index contributed by atoms with van der Waals surface area (Å²) in [4.78, 5) is 11.5. The maximum atomic E-state index is 11.5. The highest BCUT2D eigenvalue weighted by Crippen LogP contribution is 2.19. The molecule has 0 atom stereocenters. The van der Waals surface area contributed by atoms with Crippen LogP contribution in [0.3, 0.4) is 0 Å². The molecule has 2 aromatic carbocycles. The number of hydrogen-bond donors (Lipinski definition) is 1. The number of carbonyl (C=O) groups excluding carboxylic acids is 1. The Labute approximate surface area is 139 Å². The lowest BCUT2D eigenvalue weighted by atomic mass is 10.2. The van der Waals surface area contributed by atoms with Gasteiger partial charge < -0.3 is 10.1 Å². The third kappa shape index (κ3) is 5.33. The Balaban J connectivity index is 1.78. The van der Waals surface area contributed by atoms with Crippen LogP contribution >= 0.6 is 23.2 Å². The van der Waals surface area contributed by atoms with Crippen molar-refractivity contribution in [2.24, 2.45) is 0 Å². The van der Waals surface area contributed by atoms with Crippen molar-refractivity contribution < 1.29 is 9.53 Å². The second-order valence-electron chi connectivity index (χ2n) is 4.34. The zero-order chi connectivity index (χ0) is 15.8. The van der Waals surface area contributed by atoms with Gasteiger partial charge >= 0.3 is 6.09 Å². The fraction of sp³-hybridized carbons (Fsp3) is 0.118. The fourth-order valence-electron chi connectivity index (χ4n) is 1.62. The van der Waals surface area contributed by atoms with Gasteiger partial charge in [0.05, 0.1) is 11.6 Å². The van der Waals surface area contributed by atoms with Gasteiger partial charge in [0.25, 0.3) is 0 Å². The Bertz CT molecular complexity index is 706. The van der Waals surface area contributed by atoms with Crippen LogP contribution in [0.1, 0.15) is 11.1 Å². The van der Waals surface area contributed by atoms with E-state index in [1.165, 1.54) is 0 Å². The molecule has 0 spiro atoms. The Kier molecular flexibility index (Phi) is 6.14. The summed E-state index contributed by atoms with van der Waals surface area (Å²) in [6.07, 6.45) is -0.518. The van der Waals surface area contributed by atoms with E-state index in [2.05, 4.69) is 17.2 Å². The van der Waals surface area contributed by atoms with Crippen molar-refractivity contribution in [3.05, 3.63) is 69.7 Å². The first-order valence-corrected chi connectivity index (χ1v) is 7.29. The number of ether oxygens (including phenoxy) is 1. The van der Waals surface area contributed by atoms with Gasteiger partial charge in [-0.05, 0) is 23.8 Å². The van der Waals surface area contributed by atoms with Gasteiger partial charge in [-0.2, -0.15) is 0 Å². The first kappa shape index (κ1) is 16.2. The Morgan fingerprint density at radius 3 is 2.68 bits per heavy atom. The van der Waals surface area contributed by atoms with E-state index in [9.17, 15) is 4.79 Å². The summed E-state index contributed by atoms with van der Waals surface area (Å²) in [5.74, 6) is 5.64. The van der Waals surface area contributed by atoms with E-state index in [1.807, 2.05) is 30.3 Å². The van der Waals surface area contributed by atoms with Crippen LogP contribution in [-0.2, 0) is 11.3 Å². The van der Waals surface area contributed by atoms with Crippen LogP contribution in [0.25, 0.3) is 0 Å². The van der Waals surface area contributed by atoms with Gasteiger partial charge in [-0.3, -0.25) is 0 Å². The smallest absolute Gasteiger partial charge is 0.408 e. The second kappa shape index (κ2) is 8.33. The van der Waals surface area contributed by atoms with Crippen LogP contribution in [-0.4, -0.2) is 12.6 Å². The molecule has 3 nitrogen and oxygen atoms in total. The third-order valence-electron chi connectivity index (χ3n) is 2.69. The fourth-order valence-corrected chi connectivity index (χ4v) is 1.96. The highest BCUT2D eigenvalue weighted by Gasteiger charge is 2.00. The molecule has 0 aliphatic heterocycles. The lowest BCUT2D eigenvalue weighted by Crippen LogP contribution is -2.24. The molecule has 0 aliphatic carbocycles. The number of alkyl carbamates (subject to hydrolysis) is 1. The number of nitrogens with one attached hydrogen (secondary N) is 1. The van der Waals surface area contributed by atoms with E-state index in [-0.39, 0.29) is 13.2 Å². The highest BCUT2D eigenvalue weighted by molar-refractivity contribution is 6.33. The summed E-state index contributed by atoms with van der Waals surface area (Å²) in [5, 5.41) is 3.62. The number of rotatable bonds is 3. The number of hydrogen-bond acceptors (Lipinski definition) is 2. The highest BCUT2D eigenvalue weighted by atomic mass is 35.5. The molecule has 2 rings (SSSR count). The normalized spacial score (nSPS) is 9.55. The molecule has 0 aromatic heterocycles. The number of benzene rings is 2. The van der Waals surface area contributed by atoms with Gasteiger partial charge in [0, 0.05) is 10.6 Å². The lowest BCUT2D eigenvalue weighted by molar-refractivity contribution is 0.141. The predicted molar refractivity (Wildman–Crippen MR) is 88.0 cm³/mol. The van der Waals surface area contributed by atoms with Crippen LogP contribution in [0.5, 0.6) is 0 Å². The van der Waals surface area contributed by atoms with Crippen LogP contribution in [0.2, 0.25) is 10.0 Å². The molecule has 112 valence electrons. The average molecular weight is 334 g/mol. The van der Waals surface area contributed by atoms with Crippen molar-refractivity contribution in [2.75, 3.05) is 6.54 Å². The first-order valence-electron chi connectivity index (χ1n) is 6.53. The molecule has 2 aromatic rings. The summed E-state index contributed by atoms with van der Waals surface area (Å²) < 4.78 is 5.06. The van der Waals surface area contributed by atoms with E-state index in [0.717, 1.165) is 5.56 Å². The summed E-state index contributed by atoms with van der Waals surface area (Å²) >= 11 is 11.8. The molecule has 1 N–H and O–H groups in total. The first-order chi connectivity index (χ1) is 10.6. The van der Waals surface area contributed by atoms with Crippen LogP contribution < -0.4 is 5.32 Å². The second-order valence-corrected chi connectivity index (χ2v) is 5.18. The van der Waals surface area contributed by atoms with Gasteiger partial charge in [-0.1, -0.05) is 65.4 Å². The van der Waals surface area contributed by atoms with Gasteiger partial charge in [-0.25, -0.2) is 4.79 Å². The Hall–Kier alpha value is -2.15. The van der Waals surface area contributed by atoms with E-state index in [0.29, 0.717) is 15.6 Å². The third-order valence-corrected chi connectivity index (χ3v) is 3.25. The largest absolute Gasteiger partial charge is 0.445 e. The molecule has 0 saturated carbocycles. The molecule has 0 aliphatic rings. The minimum atomic E-state index is -0.518.